The van der Waals surface area contributed by atoms with Gasteiger partial charge in [-0.2, -0.15) is 8.78 Å². The largest absolute Gasteiger partial charge is 0.489 e. The lowest BCUT2D eigenvalue weighted by molar-refractivity contribution is -0.147. The van der Waals surface area contributed by atoms with Crippen LogP contribution in [0.5, 0.6) is 11.5 Å². The van der Waals surface area contributed by atoms with Crippen LogP contribution in [0.15, 0.2) is 46.7 Å². The van der Waals surface area contributed by atoms with Crippen LogP contribution in [0.2, 0.25) is 0 Å². The molecule has 4 N–H and O–H groups in total. The van der Waals surface area contributed by atoms with Gasteiger partial charge >= 0.3 is 18.6 Å². The number of alkyl halides is 2. The van der Waals surface area contributed by atoms with Crippen LogP contribution >= 0.6 is 0 Å². The molecule has 2 aliphatic carbocycles. The van der Waals surface area contributed by atoms with E-state index in [4.69, 9.17) is 14.9 Å². The van der Waals surface area contributed by atoms with Gasteiger partial charge in [-0.25, -0.2) is 9.37 Å². The molecule has 0 spiro atoms. The van der Waals surface area contributed by atoms with Gasteiger partial charge in [-0.15, -0.1) is 0 Å². The van der Waals surface area contributed by atoms with Gasteiger partial charge in [0.05, 0.1) is 18.3 Å². The molecule has 3 atom stereocenters. The van der Waals surface area contributed by atoms with Crippen LogP contribution in [0.4, 0.5) is 13.2 Å². The Morgan fingerprint density at radius 2 is 1.92 bits per heavy atom. The molecule has 9 nitrogen and oxygen atoms in total. The van der Waals surface area contributed by atoms with Crippen molar-refractivity contribution in [3.8, 4) is 23.0 Å². The molecular weight excluding hydrogens is 509 g/mol. The predicted octanol–water partition coefficient (Wildman–Crippen LogP) is 4.88. The fourth-order valence-electron chi connectivity index (χ4n) is 4.03. The Hall–Kier alpha value is -3.80. The molecule has 38 heavy (non-hydrogen) atoms. The molecule has 1 aromatic heterocycles. The number of hydrogen-bond donors (Lipinski definition) is 3. The number of nitrogens with two attached hydrogens (primary N) is 1. The summed E-state index contributed by atoms with van der Waals surface area (Å²) in [4.78, 5) is 28.2. The van der Waals surface area contributed by atoms with Crippen LogP contribution in [0.25, 0.3) is 11.5 Å². The number of carbonyl (C=O) groups is 2. The number of hydrogen-bond acceptors (Lipinski definition) is 7. The lowest BCUT2D eigenvalue weighted by Crippen LogP contribution is -2.38. The first-order valence-electron chi connectivity index (χ1n) is 11.9. The Morgan fingerprint density at radius 3 is 2.47 bits per heavy atom. The highest BCUT2D eigenvalue weighted by Gasteiger charge is 2.48. The van der Waals surface area contributed by atoms with E-state index in [1.807, 2.05) is 0 Å². The molecule has 12 heteroatoms. The van der Waals surface area contributed by atoms with Crippen molar-refractivity contribution in [2.75, 3.05) is 6.61 Å². The molecule has 4 rings (SSSR count). The van der Waals surface area contributed by atoms with Crippen molar-refractivity contribution in [1.29, 1.82) is 0 Å². The molecule has 1 heterocycles. The number of aliphatic carboxylic acids is 2. The standard InChI is InChI=1S/C26H27F3N2O7/c1-13(30)20-16(10-26(23(34)35)8-7-25(2,22(32)33)11-19(26)27)31-21(38-20)15-5-6-17(37-24(28)29)18(9-15)36-12-14-3-4-14/h5-9,11,13-14,24H,3-4,10,12,30H2,1-2H3,(H,32,33)(H,34,35). The minimum absolute atomic E-state index is 0.0211. The average Bonchev–Trinajstić information content (AvgIpc) is 3.57. The summed E-state index contributed by atoms with van der Waals surface area (Å²) in [5.41, 5.74) is 2.42. The number of nitrogens with zero attached hydrogens (tertiary/aromatic N) is 1. The number of oxazole rings is 1. The Balaban J connectivity index is 1.71. The molecule has 1 aromatic carbocycles. The normalized spacial score (nSPS) is 23.7. The number of ether oxygens (including phenoxy) is 2. The van der Waals surface area contributed by atoms with Gasteiger partial charge in [0.2, 0.25) is 5.89 Å². The predicted molar refractivity (Wildman–Crippen MR) is 127 cm³/mol. The molecule has 3 unspecified atom stereocenters. The van der Waals surface area contributed by atoms with Crippen LogP contribution in [0.3, 0.4) is 0 Å². The topological polar surface area (TPSA) is 145 Å². The summed E-state index contributed by atoms with van der Waals surface area (Å²) in [5.74, 6) is -3.79. The van der Waals surface area contributed by atoms with Crippen LogP contribution in [-0.4, -0.2) is 40.4 Å². The number of aromatic nitrogens is 1. The van der Waals surface area contributed by atoms with Crippen molar-refractivity contribution >= 4 is 11.9 Å². The number of rotatable bonds is 11. The smallest absolute Gasteiger partial charge is 0.387 e. The van der Waals surface area contributed by atoms with E-state index in [0.29, 0.717) is 18.1 Å². The van der Waals surface area contributed by atoms with Gasteiger partial charge in [0.15, 0.2) is 11.5 Å². The van der Waals surface area contributed by atoms with Crippen molar-refractivity contribution in [1.82, 2.24) is 4.98 Å². The first kappa shape index (κ1) is 27.2. The van der Waals surface area contributed by atoms with E-state index >= 15 is 4.39 Å². The molecule has 0 amide bonds. The van der Waals surface area contributed by atoms with Gasteiger partial charge in [-0.05, 0) is 56.9 Å². The third kappa shape index (κ3) is 5.40. The number of halogens is 3. The molecule has 1 saturated carbocycles. The molecule has 2 aliphatic rings. The maximum absolute atomic E-state index is 15.3. The van der Waals surface area contributed by atoms with Gasteiger partial charge in [0, 0.05) is 12.0 Å². The van der Waals surface area contributed by atoms with E-state index in [0.717, 1.165) is 31.1 Å². The Bertz CT molecular complexity index is 1300. The first-order chi connectivity index (χ1) is 17.8. The van der Waals surface area contributed by atoms with E-state index < -0.39 is 47.7 Å². The maximum atomic E-state index is 15.3. The van der Waals surface area contributed by atoms with Crippen LogP contribution in [-0.2, 0) is 16.0 Å². The van der Waals surface area contributed by atoms with Gasteiger partial charge in [-0.3, -0.25) is 9.59 Å². The monoisotopic (exact) mass is 536 g/mol. The first-order valence-corrected chi connectivity index (χ1v) is 11.9. The van der Waals surface area contributed by atoms with Gasteiger partial charge in [0.1, 0.15) is 22.4 Å². The summed E-state index contributed by atoms with van der Waals surface area (Å²) in [6.07, 6.45) is 4.29. The molecule has 0 radical (unpaired) electrons. The molecule has 0 aliphatic heterocycles. The van der Waals surface area contributed by atoms with Crippen LogP contribution in [0, 0.1) is 16.7 Å². The highest BCUT2D eigenvalue weighted by atomic mass is 19.3. The molecular formula is C26H27F3N2O7. The summed E-state index contributed by atoms with van der Waals surface area (Å²) >= 11 is 0. The third-order valence-electron chi connectivity index (χ3n) is 6.57. The summed E-state index contributed by atoms with van der Waals surface area (Å²) in [5, 5.41) is 19.4. The van der Waals surface area contributed by atoms with Crippen molar-refractivity contribution in [2.24, 2.45) is 22.5 Å². The van der Waals surface area contributed by atoms with Crippen molar-refractivity contribution in [3.63, 3.8) is 0 Å². The highest BCUT2D eigenvalue weighted by Crippen LogP contribution is 2.44. The van der Waals surface area contributed by atoms with Crippen LogP contribution in [0.1, 0.15) is 44.2 Å². The number of carboxylic acids is 2. The van der Waals surface area contributed by atoms with Gasteiger partial charge in [0.25, 0.3) is 0 Å². The zero-order chi connectivity index (χ0) is 27.8. The Morgan fingerprint density at radius 1 is 1.21 bits per heavy atom. The number of carboxylic acid groups (broad SMARTS) is 2. The van der Waals surface area contributed by atoms with E-state index in [-0.39, 0.29) is 28.8 Å². The summed E-state index contributed by atoms with van der Waals surface area (Å²) < 4.78 is 57.1. The molecule has 0 bridgehead atoms. The average molecular weight is 537 g/mol. The summed E-state index contributed by atoms with van der Waals surface area (Å²) in [7, 11) is 0. The van der Waals surface area contributed by atoms with Gasteiger partial charge in [-0.1, -0.05) is 12.2 Å². The molecule has 204 valence electrons. The SMILES string of the molecule is CC(N)c1oc(-c2ccc(OC(F)F)c(OCC3CC3)c2)nc1CC1(C(=O)O)C=CC(C)(C(=O)O)C=C1F. The fraction of sp³-hybridized carbons (Fsp3) is 0.423. The minimum Gasteiger partial charge on any atom is -0.489 e. The lowest BCUT2D eigenvalue weighted by Gasteiger charge is -2.31. The zero-order valence-corrected chi connectivity index (χ0v) is 20.6. The second-order valence-electron chi connectivity index (χ2n) is 9.78. The second-order valence-corrected chi connectivity index (χ2v) is 9.78. The second kappa shape index (κ2) is 10.2. The Labute approximate surface area is 215 Å². The quantitative estimate of drug-likeness (QED) is 0.342. The van der Waals surface area contributed by atoms with E-state index in [1.165, 1.54) is 25.1 Å². The van der Waals surface area contributed by atoms with Crippen LogP contribution < -0.4 is 15.2 Å². The van der Waals surface area contributed by atoms with Crippen molar-refractivity contribution < 1.29 is 46.9 Å². The minimum atomic E-state index is -3.07. The molecule has 1 fully saturated rings. The molecule has 0 saturated heterocycles. The maximum Gasteiger partial charge on any atom is 0.387 e. The van der Waals surface area contributed by atoms with Crippen molar-refractivity contribution in [3.05, 3.63) is 53.7 Å². The highest BCUT2D eigenvalue weighted by molar-refractivity contribution is 5.85. The van der Waals surface area contributed by atoms with Gasteiger partial charge < -0.3 is 29.8 Å². The third-order valence-corrected chi connectivity index (χ3v) is 6.57. The lowest BCUT2D eigenvalue weighted by atomic mass is 9.72. The van der Waals surface area contributed by atoms with E-state index in [2.05, 4.69) is 9.72 Å². The van der Waals surface area contributed by atoms with E-state index in [9.17, 15) is 28.6 Å². The Kier molecular flexibility index (Phi) is 7.29. The fourth-order valence-corrected chi connectivity index (χ4v) is 4.03. The zero-order valence-electron chi connectivity index (χ0n) is 20.6. The van der Waals surface area contributed by atoms with Crippen molar-refractivity contribution in [2.45, 2.75) is 45.8 Å². The number of benzene rings is 1. The van der Waals surface area contributed by atoms with E-state index in [1.54, 1.807) is 6.92 Å². The molecule has 2 aromatic rings. The summed E-state index contributed by atoms with van der Waals surface area (Å²) in [6, 6.07) is 3.33. The summed E-state index contributed by atoms with van der Waals surface area (Å²) in [6.45, 7) is 0.0569.